The van der Waals surface area contributed by atoms with Gasteiger partial charge >= 0.3 is 0 Å². The third-order valence-corrected chi connectivity index (χ3v) is 1.41. The first-order valence-corrected chi connectivity index (χ1v) is 3.62. The molecule has 60 valence electrons. The van der Waals surface area contributed by atoms with E-state index in [0.29, 0.717) is 12.1 Å². The molecule has 0 fully saturated rings. The van der Waals surface area contributed by atoms with Crippen molar-refractivity contribution >= 4 is 5.78 Å². The molecular weight excluding hydrogens is 140 g/mol. The molecule has 0 aliphatic heterocycles. The SMILES string of the molecule is CC(N)CC(=O)c1ccc[nH]1. The fourth-order valence-electron chi connectivity index (χ4n) is 0.906. The summed E-state index contributed by atoms with van der Waals surface area (Å²) in [4.78, 5) is 14.0. The molecule has 1 aromatic heterocycles. The Hall–Kier alpha value is -1.09. The number of carbonyl (C=O) groups is 1. The van der Waals surface area contributed by atoms with Gasteiger partial charge in [0.25, 0.3) is 0 Å². The molecule has 0 saturated carbocycles. The Labute approximate surface area is 65.6 Å². The number of aromatic nitrogens is 1. The quantitative estimate of drug-likeness (QED) is 0.633. The van der Waals surface area contributed by atoms with Crippen molar-refractivity contribution in [1.82, 2.24) is 4.98 Å². The van der Waals surface area contributed by atoms with Crippen LogP contribution in [-0.2, 0) is 0 Å². The van der Waals surface area contributed by atoms with Crippen LogP contribution in [-0.4, -0.2) is 16.8 Å². The number of hydrogen-bond donors (Lipinski definition) is 2. The zero-order valence-electron chi connectivity index (χ0n) is 6.50. The van der Waals surface area contributed by atoms with Crippen LogP contribution in [0.5, 0.6) is 0 Å². The second-order valence-corrected chi connectivity index (χ2v) is 2.69. The molecule has 1 atom stereocenters. The standard InChI is InChI=1S/C8H12N2O/c1-6(9)5-8(11)7-3-2-4-10-7/h2-4,6,10H,5,9H2,1H3. The third-order valence-electron chi connectivity index (χ3n) is 1.41. The number of Topliss-reactive ketones (excluding diaryl/α,β-unsaturated/α-hetero) is 1. The van der Waals surface area contributed by atoms with Gasteiger partial charge in [-0.3, -0.25) is 4.79 Å². The summed E-state index contributed by atoms with van der Waals surface area (Å²) < 4.78 is 0. The highest BCUT2D eigenvalue weighted by Crippen LogP contribution is 2.00. The van der Waals surface area contributed by atoms with E-state index in [1.54, 1.807) is 18.3 Å². The first kappa shape index (κ1) is 8.01. The summed E-state index contributed by atoms with van der Waals surface area (Å²) in [5.41, 5.74) is 6.11. The smallest absolute Gasteiger partial charge is 0.180 e. The molecule has 0 spiro atoms. The lowest BCUT2D eigenvalue weighted by atomic mass is 10.1. The van der Waals surface area contributed by atoms with Crippen molar-refractivity contribution in [2.45, 2.75) is 19.4 Å². The molecular formula is C8H12N2O. The van der Waals surface area contributed by atoms with Gasteiger partial charge in [-0.1, -0.05) is 0 Å². The van der Waals surface area contributed by atoms with Gasteiger partial charge in [0.2, 0.25) is 0 Å². The molecule has 3 heteroatoms. The second-order valence-electron chi connectivity index (χ2n) is 2.69. The first-order valence-electron chi connectivity index (χ1n) is 3.62. The van der Waals surface area contributed by atoms with E-state index >= 15 is 0 Å². The number of aromatic amines is 1. The summed E-state index contributed by atoms with van der Waals surface area (Å²) in [5, 5.41) is 0. The number of H-pyrrole nitrogens is 1. The molecule has 0 radical (unpaired) electrons. The summed E-state index contributed by atoms with van der Waals surface area (Å²) in [5.74, 6) is 0.0741. The van der Waals surface area contributed by atoms with Crippen LogP contribution in [0.25, 0.3) is 0 Å². The minimum absolute atomic E-state index is 0.0641. The predicted octanol–water partition coefficient (Wildman–Crippen LogP) is 0.935. The lowest BCUT2D eigenvalue weighted by Crippen LogP contribution is -2.19. The minimum atomic E-state index is -0.0641. The van der Waals surface area contributed by atoms with Gasteiger partial charge in [-0.25, -0.2) is 0 Å². The summed E-state index contributed by atoms with van der Waals surface area (Å²) in [6, 6.07) is 3.49. The highest BCUT2D eigenvalue weighted by atomic mass is 16.1. The summed E-state index contributed by atoms with van der Waals surface area (Å²) in [7, 11) is 0. The van der Waals surface area contributed by atoms with E-state index in [-0.39, 0.29) is 11.8 Å². The molecule has 0 aromatic carbocycles. The van der Waals surface area contributed by atoms with Gasteiger partial charge in [-0.05, 0) is 19.1 Å². The van der Waals surface area contributed by atoms with Gasteiger partial charge in [0.1, 0.15) is 0 Å². The summed E-state index contributed by atoms with van der Waals surface area (Å²) in [6.45, 7) is 1.82. The largest absolute Gasteiger partial charge is 0.359 e. The molecule has 0 aliphatic rings. The molecule has 0 aliphatic carbocycles. The number of nitrogens with two attached hydrogens (primary N) is 1. The number of nitrogens with one attached hydrogen (secondary N) is 1. The Kier molecular flexibility index (Phi) is 2.44. The molecule has 3 nitrogen and oxygen atoms in total. The van der Waals surface area contributed by atoms with Crippen LogP contribution in [0, 0.1) is 0 Å². The van der Waals surface area contributed by atoms with Crippen LogP contribution in [0.1, 0.15) is 23.8 Å². The van der Waals surface area contributed by atoms with E-state index in [4.69, 9.17) is 5.73 Å². The molecule has 3 N–H and O–H groups in total. The fraction of sp³-hybridized carbons (Fsp3) is 0.375. The van der Waals surface area contributed by atoms with Crippen molar-refractivity contribution in [1.29, 1.82) is 0 Å². The average Bonchev–Trinajstić information content (AvgIpc) is 2.35. The molecule has 0 saturated heterocycles. The molecule has 1 unspecified atom stereocenters. The molecule has 0 bridgehead atoms. The number of carbonyl (C=O) groups excluding carboxylic acids is 1. The van der Waals surface area contributed by atoms with Gasteiger partial charge < -0.3 is 10.7 Å². The molecule has 11 heavy (non-hydrogen) atoms. The Balaban J connectivity index is 2.57. The highest BCUT2D eigenvalue weighted by Gasteiger charge is 2.07. The maximum atomic E-state index is 11.2. The van der Waals surface area contributed by atoms with Crippen molar-refractivity contribution in [2.75, 3.05) is 0 Å². The van der Waals surface area contributed by atoms with Crippen LogP contribution in [0.2, 0.25) is 0 Å². The normalized spacial score (nSPS) is 12.9. The summed E-state index contributed by atoms with van der Waals surface area (Å²) in [6.07, 6.45) is 2.13. The third kappa shape index (κ3) is 2.20. The topological polar surface area (TPSA) is 58.9 Å². The van der Waals surface area contributed by atoms with Crippen molar-refractivity contribution in [2.24, 2.45) is 5.73 Å². The monoisotopic (exact) mass is 152 g/mol. The Morgan fingerprint density at radius 3 is 3.00 bits per heavy atom. The first-order chi connectivity index (χ1) is 5.20. The Bertz CT molecular complexity index is 226. The minimum Gasteiger partial charge on any atom is -0.359 e. The van der Waals surface area contributed by atoms with Crippen LogP contribution in [0.15, 0.2) is 18.3 Å². The van der Waals surface area contributed by atoms with Gasteiger partial charge in [0.15, 0.2) is 5.78 Å². The summed E-state index contributed by atoms with van der Waals surface area (Å²) >= 11 is 0. The van der Waals surface area contributed by atoms with E-state index < -0.39 is 0 Å². The van der Waals surface area contributed by atoms with Crippen molar-refractivity contribution < 1.29 is 4.79 Å². The maximum Gasteiger partial charge on any atom is 0.180 e. The van der Waals surface area contributed by atoms with Crippen LogP contribution in [0.4, 0.5) is 0 Å². The zero-order chi connectivity index (χ0) is 8.27. The van der Waals surface area contributed by atoms with E-state index in [0.717, 1.165) is 0 Å². The average molecular weight is 152 g/mol. The molecule has 1 rings (SSSR count). The molecule has 0 amide bonds. The van der Waals surface area contributed by atoms with Crippen molar-refractivity contribution in [3.8, 4) is 0 Å². The molecule has 1 heterocycles. The highest BCUT2D eigenvalue weighted by molar-refractivity contribution is 5.94. The van der Waals surface area contributed by atoms with Crippen molar-refractivity contribution in [3.05, 3.63) is 24.0 Å². The number of rotatable bonds is 3. The van der Waals surface area contributed by atoms with E-state index in [1.165, 1.54) is 0 Å². The fourth-order valence-corrected chi connectivity index (χ4v) is 0.906. The lowest BCUT2D eigenvalue weighted by molar-refractivity contribution is 0.0972. The van der Waals surface area contributed by atoms with Crippen LogP contribution < -0.4 is 5.73 Å². The predicted molar refractivity (Wildman–Crippen MR) is 43.4 cm³/mol. The number of hydrogen-bond acceptors (Lipinski definition) is 2. The van der Waals surface area contributed by atoms with Gasteiger partial charge in [-0.2, -0.15) is 0 Å². The van der Waals surface area contributed by atoms with E-state index in [2.05, 4.69) is 4.98 Å². The lowest BCUT2D eigenvalue weighted by Gasteiger charge is -2.00. The van der Waals surface area contributed by atoms with Gasteiger partial charge in [-0.15, -0.1) is 0 Å². The maximum absolute atomic E-state index is 11.2. The number of ketones is 1. The van der Waals surface area contributed by atoms with Gasteiger partial charge in [0.05, 0.1) is 5.69 Å². The Morgan fingerprint density at radius 2 is 2.55 bits per heavy atom. The van der Waals surface area contributed by atoms with E-state index in [1.807, 2.05) is 6.92 Å². The zero-order valence-corrected chi connectivity index (χ0v) is 6.50. The van der Waals surface area contributed by atoms with Crippen molar-refractivity contribution in [3.63, 3.8) is 0 Å². The van der Waals surface area contributed by atoms with Gasteiger partial charge in [0, 0.05) is 18.7 Å². The van der Waals surface area contributed by atoms with Crippen LogP contribution in [0.3, 0.4) is 0 Å². The van der Waals surface area contributed by atoms with Crippen LogP contribution >= 0.6 is 0 Å². The van der Waals surface area contributed by atoms with E-state index in [9.17, 15) is 4.79 Å². The second kappa shape index (κ2) is 3.34. The Morgan fingerprint density at radius 1 is 1.82 bits per heavy atom. The molecule has 1 aromatic rings.